The van der Waals surface area contributed by atoms with Gasteiger partial charge in [0.2, 0.25) is 0 Å². The van der Waals surface area contributed by atoms with Gasteiger partial charge in [-0.1, -0.05) is 34.8 Å². The monoisotopic (exact) mass is 292 g/mol. The van der Waals surface area contributed by atoms with Crippen molar-refractivity contribution in [3.05, 3.63) is 32.8 Å². The normalized spacial score (nSPS) is 19.3. The molecule has 0 aliphatic carbocycles. The van der Waals surface area contributed by atoms with Crippen LogP contribution in [0.25, 0.3) is 0 Å². The Hall–Kier alpha value is 0.01000. The van der Waals surface area contributed by atoms with E-state index in [0.29, 0.717) is 15.1 Å². The van der Waals surface area contributed by atoms with E-state index >= 15 is 0 Å². The highest BCUT2D eigenvalue weighted by atomic mass is 35.5. The van der Waals surface area contributed by atoms with Gasteiger partial charge in [0.1, 0.15) is 0 Å². The van der Waals surface area contributed by atoms with Crippen molar-refractivity contribution in [1.82, 2.24) is 10.2 Å². The Bertz CT molecular complexity index is 403. The molecule has 1 aromatic carbocycles. The number of hydrogen-bond donors (Lipinski definition) is 1. The highest BCUT2D eigenvalue weighted by Gasteiger charge is 2.23. The molecule has 1 atom stereocenters. The summed E-state index contributed by atoms with van der Waals surface area (Å²) in [5.41, 5.74) is 0.933. The van der Waals surface area contributed by atoms with Crippen molar-refractivity contribution in [1.29, 1.82) is 0 Å². The molecule has 0 unspecified atom stereocenters. The smallest absolute Gasteiger partial charge is 0.0654 e. The van der Waals surface area contributed by atoms with Gasteiger partial charge in [-0.25, -0.2) is 0 Å². The molecule has 1 aliphatic rings. The number of nitrogens with zero attached hydrogens (tertiary/aromatic N) is 1. The first-order valence-corrected chi connectivity index (χ1v) is 6.83. The fraction of sp³-hybridized carbons (Fsp3) is 0.500. The summed E-state index contributed by atoms with van der Waals surface area (Å²) in [6.07, 6.45) is 0. The third-order valence-corrected chi connectivity index (χ3v) is 4.35. The van der Waals surface area contributed by atoms with E-state index in [4.69, 9.17) is 34.8 Å². The zero-order valence-electron chi connectivity index (χ0n) is 9.64. The van der Waals surface area contributed by atoms with E-state index in [1.165, 1.54) is 0 Å². The highest BCUT2D eigenvalue weighted by Crippen LogP contribution is 2.37. The Morgan fingerprint density at radius 2 is 1.71 bits per heavy atom. The van der Waals surface area contributed by atoms with Crippen LogP contribution in [0.3, 0.4) is 0 Å². The molecule has 1 aromatic rings. The molecule has 0 spiro atoms. The van der Waals surface area contributed by atoms with Crippen LogP contribution in [0.1, 0.15) is 18.5 Å². The predicted octanol–water partition coefficient (Wildman–Crippen LogP) is 3.61. The maximum absolute atomic E-state index is 6.25. The molecule has 0 aromatic heterocycles. The van der Waals surface area contributed by atoms with Crippen molar-refractivity contribution in [2.75, 3.05) is 26.2 Å². The van der Waals surface area contributed by atoms with Gasteiger partial charge in [-0.3, -0.25) is 4.90 Å². The van der Waals surface area contributed by atoms with Crippen LogP contribution < -0.4 is 5.32 Å². The lowest BCUT2D eigenvalue weighted by atomic mass is 10.1. The minimum Gasteiger partial charge on any atom is -0.314 e. The topological polar surface area (TPSA) is 15.3 Å². The predicted molar refractivity (Wildman–Crippen MR) is 74.3 cm³/mol. The summed E-state index contributed by atoms with van der Waals surface area (Å²) >= 11 is 18.5. The lowest BCUT2D eigenvalue weighted by Crippen LogP contribution is -2.44. The number of halogens is 3. The van der Waals surface area contributed by atoms with Crippen LogP contribution in [-0.4, -0.2) is 31.1 Å². The van der Waals surface area contributed by atoms with Gasteiger partial charge >= 0.3 is 0 Å². The summed E-state index contributed by atoms with van der Waals surface area (Å²) in [5.74, 6) is 0. The zero-order valence-corrected chi connectivity index (χ0v) is 11.9. The molecule has 0 saturated carbocycles. The third kappa shape index (κ3) is 2.88. The van der Waals surface area contributed by atoms with Crippen LogP contribution in [0.15, 0.2) is 12.1 Å². The van der Waals surface area contributed by atoms with Crippen LogP contribution in [0.5, 0.6) is 0 Å². The summed E-state index contributed by atoms with van der Waals surface area (Å²) in [6.45, 7) is 6.12. The molecule has 0 bridgehead atoms. The fourth-order valence-electron chi connectivity index (χ4n) is 2.18. The average molecular weight is 294 g/mol. The van der Waals surface area contributed by atoms with Crippen LogP contribution in [0.4, 0.5) is 0 Å². The number of piperazine rings is 1. The summed E-state index contributed by atoms with van der Waals surface area (Å²) in [5, 5.41) is 5.15. The minimum atomic E-state index is 0.191. The minimum absolute atomic E-state index is 0.191. The molecule has 1 heterocycles. The molecule has 1 N–H and O–H groups in total. The van der Waals surface area contributed by atoms with E-state index in [1.807, 2.05) is 6.07 Å². The molecule has 1 fully saturated rings. The van der Waals surface area contributed by atoms with Gasteiger partial charge in [-0.2, -0.15) is 0 Å². The third-order valence-electron chi connectivity index (χ3n) is 3.20. The van der Waals surface area contributed by atoms with E-state index in [9.17, 15) is 0 Å². The fourth-order valence-corrected chi connectivity index (χ4v) is 3.03. The van der Waals surface area contributed by atoms with E-state index in [-0.39, 0.29) is 6.04 Å². The average Bonchev–Trinajstić information content (AvgIpc) is 2.35. The van der Waals surface area contributed by atoms with Crippen molar-refractivity contribution in [3.8, 4) is 0 Å². The lowest BCUT2D eigenvalue weighted by Gasteiger charge is -2.33. The Balaban J connectivity index is 2.29. The van der Waals surface area contributed by atoms with Gasteiger partial charge in [0, 0.05) is 42.8 Å². The van der Waals surface area contributed by atoms with Gasteiger partial charge in [0.05, 0.1) is 10.0 Å². The van der Waals surface area contributed by atoms with E-state index in [0.717, 1.165) is 31.7 Å². The highest BCUT2D eigenvalue weighted by molar-refractivity contribution is 6.44. The molecule has 1 aliphatic heterocycles. The molecule has 5 heteroatoms. The van der Waals surface area contributed by atoms with E-state index in [2.05, 4.69) is 17.1 Å². The Morgan fingerprint density at radius 3 is 2.35 bits per heavy atom. The molecular formula is C12H15Cl3N2. The molecule has 94 valence electrons. The molecule has 0 amide bonds. The lowest BCUT2D eigenvalue weighted by molar-refractivity contribution is 0.185. The summed E-state index contributed by atoms with van der Waals surface area (Å²) < 4.78 is 0. The van der Waals surface area contributed by atoms with Gasteiger partial charge in [-0.15, -0.1) is 0 Å². The first-order valence-electron chi connectivity index (χ1n) is 5.69. The number of rotatable bonds is 2. The number of benzene rings is 1. The first-order chi connectivity index (χ1) is 8.11. The second-order valence-electron chi connectivity index (χ2n) is 4.22. The Morgan fingerprint density at radius 1 is 1.12 bits per heavy atom. The summed E-state index contributed by atoms with van der Waals surface area (Å²) in [7, 11) is 0. The largest absolute Gasteiger partial charge is 0.314 e. The molecule has 2 nitrogen and oxygen atoms in total. The van der Waals surface area contributed by atoms with Crippen LogP contribution in [0, 0.1) is 0 Å². The maximum atomic E-state index is 6.25. The van der Waals surface area contributed by atoms with E-state index < -0.39 is 0 Å². The van der Waals surface area contributed by atoms with Gasteiger partial charge < -0.3 is 5.32 Å². The van der Waals surface area contributed by atoms with Crippen LogP contribution in [-0.2, 0) is 0 Å². The van der Waals surface area contributed by atoms with Crippen molar-refractivity contribution >= 4 is 34.8 Å². The Kier molecular flexibility index (Phi) is 4.56. The summed E-state index contributed by atoms with van der Waals surface area (Å²) in [4.78, 5) is 2.36. The van der Waals surface area contributed by atoms with Crippen LogP contribution in [0.2, 0.25) is 15.1 Å². The molecule has 1 saturated heterocycles. The van der Waals surface area contributed by atoms with Crippen LogP contribution >= 0.6 is 34.8 Å². The maximum Gasteiger partial charge on any atom is 0.0654 e. The van der Waals surface area contributed by atoms with Gasteiger partial charge in [-0.05, 0) is 19.1 Å². The van der Waals surface area contributed by atoms with Gasteiger partial charge in [0.25, 0.3) is 0 Å². The SMILES string of the molecule is C[C@@H](c1c(Cl)ccc(Cl)c1Cl)N1CCNCC1. The summed E-state index contributed by atoms with van der Waals surface area (Å²) in [6, 6.07) is 3.74. The molecule has 2 rings (SSSR count). The zero-order chi connectivity index (χ0) is 12.4. The van der Waals surface area contributed by atoms with Crippen molar-refractivity contribution in [2.45, 2.75) is 13.0 Å². The molecular weight excluding hydrogens is 279 g/mol. The molecule has 0 radical (unpaired) electrons. The second kappa shape index (κ2) is 5.77. The van der Waals surface area contributed by atoms with Gasteiger partial charge in [0.15, 0.2) is 0 Å². The first kappa shape index (κ1) is 13.4. The van der Waals surface area contributed by atoms with Crippen molar-refractivity contribution in [2.24, 2.45) is 0 Å². The van der Waals surface area contributed by atoms with Crippen molar-refractivity contribution < 1.29 is 0 Å². The number of nitrogens with one attached hydrogen (secondary N) is 1. The second-order valence-corrected chi connectivity index (χ2v) is 5.41. The van der Waals surface area contributed by atoms with E-state index in [1.54, 1.807) is 6.07 Å². The molecule has 17 heavy (non-hydrogen) atoms. The Labute approximate surface area is 117 Å². The number of hydrogen-bond acceptors (Lipinski definition) is 2. The quantitative estimate of drug-likeness (QED) is 0.838. The van der Waals surface area contributed by atoms with Crippen molar-refractivity contribution in [3.63, 3.8) is 0 Å². The standard InChI is InChI=1S/C12H15Cl3N2/c1-8(17-6-4-16-5-7-17)11-9(13)2-3-10(14)12(11)15/h2-3,8,16H,4-7H2,1H3/t8-/m0/s1.